The normalized spacial score (nSPS) is 14.6. The smallest absolute Gasteiger partial charge is 0.166 e. The second-order valence-electron chi connectivity index (χ2n) is 3.66. The molecule has 2 rings (SSSR count). The van der Waals surface area contributed by atoms with Crippen molar-refractivity contribution in [3.8, 4) is 5.75 Å². The Morgan fingerprint density at radius 3 is 1.53 bits per heavy atom. The fourth-order valence-corrected chi connectivity index (χ4v) is 6.89. The van der Waals surface area contributed by atoms with E-state index in [1.54, 1.807) is 0 Å². The molecule has 0 saturated carbocycles. The van der Waals surface area contributed by atoms with Crippen molar-refractivity contribution in [3.63, 3.8) is 0 Å². The van der Waals surface area contributed by atoms with Gasteiger partial charge < -0.3 is 0 Å². The summed E-state index contributed by atoms with van der Waals surface area (Å²) >= 11 is 0. The summed E-state index contributed by atoms with van der Waals surface area (Å²) < 4.78 is 0.236. The van der Waals surface area contributed by atoms with Crippen molar-refractivity contribution < 1.29 is 10.1 Å². The first kappa shape index (κ1) is 17.5. The van der Waals surface area contributed by atoms with Crippen molar-refractivity contribution in [2.45, 2.75) is 0 Å². The molecule has 0 atom stereocenters. The maximum absolute atomic E-state index is 9.00. The number of phenols is 1. The molecular formula is C11H11Cl5NOSb. The van der Waals surface area contributed by atoms with E-state index in [0.717, 1.165) is 0 Å². The molecule has 0 fully saturated rings. The predicted octanol–water partition coefficient (Wildman–Crippen LogP) is 4.13. The molecular weight excluding hydrogens is 461 g/mol. The number of aromatic nitrogens is 1. The first-order valence-electron chi connectivity index (χ1n) is 5.02. The Bertz CT molecular complexity index is 500. The van der Waals surface area contributed by atoms with Gasteiger partial charge in [-0.3, -0.25) is 0 Å². The van der Waals surface area contributed by atoms with E-state index in [2.05, 4.69) is 4.98 Å². The molecule has 0 aliphatic carbocycles. The number of rotatable bonds is 1. The summed E-state index contributed by atoms with van der Waals surface area (Å²) in [6, 6.07) is 11.4. The van der Waals surface area contributed by atoms with E-state index in [-0.39, 0.29) is 9.26 Å². The van der Waals surface area contributed by atoms with Crippen LogP contribution in [0, 0.1) is 0 Å². The van der Waals surface area contributed by atoms with Gasteiger partial charge in [0.05, 0.1) is 0 Å². The van der Waals surface area contributed by atoms with Gasteiger partial charge in [-0.05, 0) is 0 Å². The van der Waals surface area contributed by atoms with Crippen LogP contribution in [0.25, 0.3) is 0 Å². The van der Waals surface area contributed by atoms with E-state index >= 15 is 0 Å². The minimum Gasteiger partial charge on any atom is -0.218 e. The molecule has 2 N–H and O–H groups in total. The summed E-state index contributed by atoms with van der Waals surface area (Å²) in [6.45, 7) is 0. The van der Waals surface area contributed by atoms with E-state index in [9.17, 15) is 0 Å². The van der Waals surface area contributed by atoms with E-state index in [1.807, 2.05) is 30.6 Å². The second-order valence-corrected chi connectivity index (χ2v) is 51.1. The molecule has 8 heteroatoms. The van der Waals surface area contributed by atoms with Gasteiger partial charge in [0, 0.05) is 12.1 Å². The van der Waals surface area contributed by atoms with Crippen LogP contribution in [0.5, 0.6) is 5.75 Å². The number of phenolic OH excluding ortho intramolecular Hbond substituents is 1. The molecule has 0 unspecified atom stereocenters. The fourth-order valence-electron chi connectivity index (χ4n) is 1.08. The average molecular weight is 472 g/mol. The van der Waals surface area contributed by atoms with E-state index in [1.165, 1.54) is 24.3 Å². The molecule has 0 aliphatic rings. The van der Waals surface area contributed by atoms with Gasteiger partial charge in [-0.1, -0.05) is 6.07 Å². The molecule has 0 bridgehead atoms. The maximum atomic E-state index is 9.00. The standard InChI is InChI=1S/C6H5O.C5H5N.5ClH.Sb/c7-6-4-2-1-3-5-6;1-2-4-6-5-3-1;;;;;;/h2-5,7H;1-5H;5*1H;/q;;;;;;;+4/p-4. The number of pyridine rings is 1. The molecule has 1 heterocycles. The Morgan fingerprint density at radius 1 is 0.789 bits per heavy atom. The number of nitrogens with one attached hydrogen (secondary N) is 1. The second kappa shape index (κ2) is 5.67. The van der Waals surface area contributed by atoms with E-state index in [4.69, 9.17) is 49.3 Å². The predicted molar refractivity (Wildman–Crippen MR) is 85.8 cm³/mol. The summed E-state index contributed by atoms with van der Waals surface area (Å²) in [4.78, 5) is 2.89. The zero-order chi connectivity index (χ0) is 14.6. The monoisotopic (exact) mass is 469 g/mol. The summed E-state index contributed by atoms with van der Waals surface area (Å²) in [6.07, 6.45) is 3.75. The zero-order valence-electron chi connectivity index (χ0n) is 9.48. The Morgan fingerprint density at radius 2 is 1.26 bits per heavy atom. The van der Waals surface area contributed by atoms with Crippen LogP contribution in [0.15, 0.2) is 54.9 Å². The van der Waals surface area contributed by atoms with Gasteiger partial charge in [0.1, 0.15) is 0 Å². The summed E-state index contributed by atoms with van der Waals surface area (Å²) in [5, 5.41) is 9.00. The SMILES string of the molecule is Oc1cc[c]([Sb-]([Cl])([Cl])([Cl])([Cl])[Cl])cc1.c1cc[nH+]cc1. The molecule has 1 aromatic heterocycles. The van der Waals surface area contributed by atoms with Gasteiger partial charge in [-0.2, -0.15) is 0 Å². The summed E-state index contributed by atoms with van der Waals surface area (Å²) in [5.74, 6) is 0.0578. The minimum atomic E-state index is -5.61. The molecule has 0 amide bonds. The Labute approximate surface area is 127 Å². The Kier molecular flexibility index (Phi) is 5.22. The number of hydrogen-bond acceptors (Lipinski definition) is 1. The van der Waals surface area contributed by atoms with Crippen LogP contribution in [0.4, 0.5) is 0 Å². The topological polar surface area (TPSA) is 34.4 Å². The average Bonchev–Trinajstić information content (AvgIpc) is 2.29. The number of aromatic hydroxyl groups is 1. The maximum Gasteiger partial charge on any atom is 0.166 e. The largest absolute Gasteiger partial charge is 0.218 e. The van der Waals surface area contributed by atoms with Gasteiger partial charge in [0.15, 0.2) is 12.4 Å². The number of H-pyrrole nitrogens is 1. The summed E-state index contributed by atoms with van der Waals surface area (Å²) in [7, 11) is 23.4. The van der Waals surface area contributed by atoms with E-state index < -0.39 is 10.3 Å². The van der Waals surface area contributed by atoms with Gasteiger partial charge in [-0.25, -0.2) is 4.98 Å². The third-order valence-electron chi connectivity index (χ3n) is 1.94. The first-order chi connectivity index (χ1) is 8.49. The van der Waals surface area contributed by atoms with Gasteiger partial charge in [-0.15, -0.1) is 0 Å². The Hall–Kier alpha value is 0.438. The molecule has 0 radical (unpaired) electrons. The number of hydrogen-bond donors (Lipinski definition) is 1. The molecule has 19 heavy (non-hydrogen) atoms. The van der Waals surface area contributed by atoms with Crippen LogP contribution < -0.4 is 8.49 Å². The first-order valence-corrected chi connectivity index (χ1v) is 22.5. The Balaban J connectivity index is 0.000000250. The molecule has 0 spiro atoms. The summed E-state index contributed by atoms with van der Waals surface area (Å²) in [5.41, 5.74) is 0. The third-order valence-corrected chi connectivity index (χ3v) is 12.1. The van der Waals surface area contributed by atoms with Crippen molar-refractivity contribution in [1.29, 1.82) is 0 Å². The number of benzene rings is 1. The molecule has 106 valence electrons. The van der Waals surface area contributed by atoms with Crippen LogP contribution >= 0.6 is 44.1 Å². The van der Waals surface area contributed by atoms with Crippen LogP contribution in [0.2, 0.25) is 0 Å². The van der Waals surface area contributed by atoms with Crippen molar-refractivity contribution >= 4 is 57.9 Å². The van der Waals surface area contributed by atoms with Gasteiger partial charge in [0.25, 0.3) is 0 Å². The van der Waals surface area contributed by atoms with Crippen LogP contribution in [-0.2, 0) is 0 Å². The van der Waals surface area contributed by atoms with Gasteiger partial charge >= 0.3 is 93.1 Å². The van der Waals surface area contributed by atoms with Crippen molar-refractivity contribution in [3.05, 3.63) is 54.9 Å². The fraction of sp³-hybridized carbons (Fsp3) is 0. The van der Waals surface area contributed by atoms with Crippen LogP contribution in [-0.4, -0.2) is 15.4 Å². The number of halogens is 5. The molecule has 2 aromatic rings. The van der Waals surface area contributed by atoms with Gasteiger partial charge in [0.2, 0.25) is 0 Å². The minimum absolute atomic E-state index is 0.0578. The van der Waals surface area contributed by atoms with Crippen molar-refractivity contribution in [2.75, 3.05) is 0 Å². The quantitative estimate of drug-likeness (QED) is 0.623. The van der Waals surface area contributed by atoms with Crippen molar-refractivity contribution in [1.82, 2.24) is 0 Å². The van der Waals surface area contributed by atoms with Crippen LogP contribution in [0.1, 0.15) is 0 Å². The molecule has 1 aromatic carbocycles. The third kappa shape index (κ3) is 7.13. The molecule has 0 aliphatic heterocycles. The zero-order valence-corrected chi connectivity index (χ0v) is 15.8. The number of aromatic amines is 1. The molecule has 2 nitrogen and oxygen atoms in total. The van der Waals surface area contributed by atoms with Crippen LogP contribution in [0.3, 0.4) is 0 Å². The van der Waals surface area contributed by atoms with Crippen molar-refractivity contribution in [2.24, 2.45) is 0 Å². The molecule has 0 saturated heterocycles. The van der Waals surface area contributed by atoms with E-state index in [0.29, 0.717) is 0 Å².